The molecule has 4 aromatic rings. The maximum atomic E-state index is 5.86. The first-order chi connectivity index (χ1) is 14.8. The molecule has 0 spiro atoms. The third kappa shape index (κ3) is 3.74. The van der Waals surface area contributed by atoms with Crippen LogP contribution in [0.4, 0.5) is 0 Å². The van der Waals surface area contributed by atoms with Crippen LogP contribution in [-0.2, 0) is 13.2 Å². The molecular weight excluding hydrogens is 394 g/mol. The Bertz CT molecular complexity index is 1150. The Balaban J connectivity index is 1.48. The van der Waals surface area contributed by atoms with E-state index < -0.39 is 0 Å². The molecule has 152 valence electrons. The van der Waals surface area contributed by atoms with Crippen LogP contribution in [0.15, 0.2) is 77.7 Å². The van der Waals surface area contributed by atoms with Crippen molar-refractivity contribution in [3.05, 3.63) is 89.2 Å². The van der Waals surface area contributed by atoms with Crippen LogP contribution in [0.25, 0.3) is 11.6 Å². The highest BCUT2D eigenvalue weighted by molar-refractivity contribution is 7.71. The van der Waals surface area contributed by atoms with Crippen LogP contribution in [-0.4, -0.2) is 30.8 Å². The Morgan fingerprint density at radius 2 is 1.97 bits per heavy atom. The Labute approximate surface area is 180 Å². The van der Waals surface area contributed by atoms with Crippen LogP contribution in [0, 0.1) is 4.77 Å². The number of nitrogens with zero attached hydrogens (tertiary/aromatic N) is 5. The summed E-state index contributed by atoms with van der Waals surface area (Å²) < 4.78 is 10.3. The lowest BCUT2D eigenvalue weighted by Gasteiger charge is -2.24. The van der Waals surface area contributed by atoms with E-state index in [0.717, 1.165) is 31.0 Å². The zero-order valence-electron chi connectivity index (χ0n) is 16.6. The van der Waals surface area contributed by atoms with Crippen LogP contribution < -0.4 is 0 Å². The second-order valence-corrected chi connectivity index (χ2v) is 7.92. The third-order valence-corrected chi connectivity index (χ3v) is 6.03. The van der Waals surface area contributed by atoms with E-state index >= 15 is 0 Å². The summed E-state index contributed by atoms with van der Waals surface area (Å²) in [5, 5.41) is 4.86. The van der Waals surface area contributed by atoms with Crippen molar-refractivity contribution in [3.8, 4) is 11.6 Å². The molecular formula is C23H23N5OS. The highest BCUT2D eigenvalue weighted by Gasteiger charge is 2.27. The second kappa shape index (κ2) is 8.38. The molecule has 1 atom stereocenters. The van der Waals surface area contributed by atoms with Gasteiger partial charge in [0.1, 0.15) is 0 Å². The minimum Gasteiger partial charge on any atom is -0.461 e. The van der Waals surface area contributed by atoms with E-state index in [4.69, 9.17) is 21.7 Å². The molecule has 0 bridgehead atoms. The number of benzene rings is 1. The van der Waals surface area contributed by atoms with Gasteiger partial charge in [-0.1, -0.05) is 36.4 Å². The molecule has 6 nitrogen and oxygen atoms in total. The number of likely N-dealkylation sites (tertiary alicyclic amines) is 1. The Hall–Kier alpha value is -3.03. The van der Waals surface area contributed by atoms with Gasteiger partial charge in [-0.15, -0.1) is 5.10 Å². The summed E-state index contributed by atoms with van der Waals surface area (Å²) in [6.07, 6.45) is 7.73. The van der Waals surface area contributed by atoms with Crippen molar-refractivity contribution in [2.45, 2.75) is 32.1 Å². The van der Waals surface area contributed by atoms with Gasteiger partial charge in [0, 0.05) is 25.0 Å². The standard InChI is InChI=1S/C23H23N5OS/c30-23-27(16-18-7-2-1-3-8-18)22(21-11-6-14-29-21)25-28(23)17-26-13-5-10-20(26)19-9-4-12-24-15-19/h1-4,6-9,11-12,14-15,20H,5,10,13,16-17H2. The molecule has 7 heteroatoms. The number of pyridine rings is 1. The fourth-order valence-electron chi connectivity index (χ4n) is 4.15. The minimum atomic E-state index is 0.340. The second-order valence-electron chi connectivity index (χ2n) is 7.55. The zero-order chi connectivity index (χ0) is 20.3. The molecule has 0 N–H and O–H groups in total. The van der Waals surface area contributed by atoms with Crippen LogP contribution in [0.2, 0.25) is 0 Å². The zero-order valence-corrected chi connectivity index (χ0v) is 17.4. The molecule has 30 heavy (non-hydrogen) atoms. The fraction of sp³-hybridized carbons (Fsp3) is 0.261. The molecule has 0 radical (unpaired) electrons. The van der Waals surface area contributed by atoms with E-state index in [-0.39, 0.29) is 0 Å². The number of furan rings is 1. The number of hydrogen-bond acceptors (Lipinski definition) is 5. The van der Waals surface area contributed by atoms with E-state index in [2.05, 4.69) is 32.7 Å². The van der Waals surface area contributed by atoms with Gasteiger partial charge in [-0.3, -0.25) is 14.5 Å². The molecule has 1 unspecified atom stereocenters. The van der Waals surface area contributed by atoms with Crippen molar-refractivity contribution >= 4 is 12.2 Å². The van der Waals surface area contributed by atoms with Crippen molar-refractivity contribution in [2.24, 2.45) is 0 Å². The van der Waals surface area contributed by atoms with Gasteiger partial charge in [0.2, 0.25) is 0 Å². The van der Waals surface area contributed by atoms with Gasteiger partial charge in [0.25, 0.3) is 0 Å². The Morgan fingerprint density at radius 1 is 1.07 bits per heavy atom. The van der Waals surface area contributed by atoms with E-state index in [1.54, 1.807) is 6.26 Å². The summed E-state index contributed by atoms with van der Waals surface area (Å²) in [6, 6.07) is 18.6. The van der Waals surface area contributed by atoms with Crippen molar-refractivity contribution in [2.75, 3.05) is 6.54 Å². The van der Waals surface area contributed by atoms with Gasteiger partial charge in [-0.2, -0.15) is 0 Å². The molecule has 1 aromatic carbocycles. The molecule has 0 amide bonds. The highest BCUT2D eigenvalue weighted by atomic mass is 32.1. The van der Waals surface area contributed by atoms with Crippen LogP contribution in [0.3, 0.4) is 0 Å². The van der Waals surface area contributed by atoms with Crippen molar-refractivity contribution < 1.29 is 4.42 Å². The lowest BCUT2D eigenvalue weighted by molar-refractivity contribution is 0.189. The van der Waals surface area contributed by atoms with E-state index in [0.29, 0.717) is 24.0 Å². The van der Waals surface area contributed by atoms with E-state index in [1.165, 1.54) is 11.1 Å². The molecule has 0 saturated carbocycles. The lowest BCUT2D eigenvalue weighted by Crippen LogP contribution is -2.27. The van der Waals surface area contributed by atoms with Gasteiger partial charge >= 0.3 is 0 Å². The first-order valence-corrected chi connectivity index (χ1v) is 10.6. The average Bonchev–Trinajstić information content (AvgIpc) is 3.53. The SMILES string of the molecule is S=c1n(CN2CCCC2c2cccnc2)nc(-c2ccco2)n1Cc1ccccc1. The van der Waals surface area contributed by atoms with Crippen molar-refractivity contribution in [1.29, 1.82) is 0 Å². The van der Waals surface area contributed by atoms with Gasteiger partial charge in [-0.05, 0) is 54.4 Å². The van der Waals surface area contributed by atoms with E-state index in [1.807, 2.05) is 53.5 Å². The summed E-state index contributed by atoms with van der Waals surface area (Å²) in [7, 11) is 0. The van der Waals surface area contributed by atoms with Gasteiger partial charge in [0.15, 0.2) is 16.4 Å². The number of hydrogen-bond donors (Lipinski definition) is 0. The first kappa shape index (κ1) is 19.0. The monoisotopic (exact) mass is 417 g/mol. The van der Waals surface area contributed by atoms with Crippen LogP contribution in [0.1, 0.15) is 30.0 Å². The smallest absolute Gasteiger partial charge is 0.199 e. The summed E-state index contributed by atoms with van der Waals surface area (Å²) in [5.74, 6) is 1.48. The number of aromatic nitrogens is 4. The highest BCUT2D eigenvalue weighted by Crippen LogP contribution is 2.32. The number of rotatable bonds is 6. The summed E-state index contributed by atoms with van der Waals surface area (Å²) in [6.45, 7) is 2.32. The molecule has 1 aliphatic heterocycles. The van der Waals surface area contributed by atoms with E-state index in [9.17, 15) is 0 Å². The predicted octanol–water partition coefficient (Wildman–Crippen LogP) is 4.91. The van der Waals surface area contributed by atoms with Gasteiger partial charge < -0.3 is 4.42 Å². The first-order valence-electron chi connectivity index (χ1n) is 10.2. The maximum absolute atomic E-state index is 5.86. The largest absolute Gasteiger partial charge is 0.461 e. The minimum absolute atomic E-state index is 0.340. The van der Waals surface area contributed by atoms with Gasteiger partial charge in [-0.25, -0.2) is 4.68 Å². The van der Waals surface area contributed by atoms with Crippen LogP contribution in [0.5, 0.6) is 0 Å². The third-order valence-electron chi connectivity index (χ3n) is 5.60. The average molecular weight is 418 g/mol. The topological polar surface area (TPSA) is 52.0 Å². The predicted molar refractivity (Wildman–Crippen MR) is 117 cm³/mol. The Kier molecular flexibility index (Phi) is 5.29. The molecule has 1 fully saturated rings. The molecule has 1 aliphatic rings. The van der Waals surface area contributed by atoms with Crippen molar-refractivity contribution in [3.63, 3.8) is 0 Å². The Morgan fingerprint density at radius 3 is 2.73 bits per heavy atom. The molecule has 0 aliphatic carbocycles. The summed E-state index contributed by atoms with van der Waals surface area (Å²) >= 11 is 5.86. The summed E-state index contributed by atoms with van der Waals surface area (Å²) in [5.41, 5.74) is 2.42. The maximum Gasteiger partial charge on any atom is 0.199 e. The van der Waals surface area contributed by atoms with Gasteiger partial charge in [0.05, 0.1) is 19.5 Å². The quantitative estimate of drug-likeness (QED) is 0.417. The molecule has 3 aromatic heterocycles. The normalized spacial score (nSPS) is 16.9. The molecule has 4 heterocycles. The van der Waals surface area contributed by atoms with Crippen molar-refractivity contribution in [1.82, 2.24) is 24.2 Å². The lowest BCUT2D eigenvalue weighted by atomic mass is 10.1. The molecule has 1 saturated heterocycles. The van der Waals surface area contributed by atoms with Crippen LogP contribution >= 0.6 is 12.2 Å². The fourth-order valence-corrected chi connectivity index (χ4v) is 4.40. The molecule has 5 rings (SSSR count). The summed E-state index contributed by atoms with van der Waals surface area (Å²) in [4.78, 5) is 6.73.